The van der Waals surface area contributed by atoms with Gasteiger partial charge in [0.2, 0.25) is 5.91 Å². The van der Waals surface area contributed by atoms with E-state index in [2.05, 4.69) is 29.5 Å². The van der Waals surface area contributed by atoms with Crippen LogP contribution in [0.5, 0.6) is 23.0 Å². The number of carbonyl (C=O) groups excluding carboxylic acids is 2. The highest BCUT2D eigenvalue weighted by atomic mass is 35.5. The number of methoxy groups -OCH3 is 1. The summed E-state index contributed by atoms with van der Waals surface area (Å²) in [6.45, 7) is 12.0. The zero-order chi connectivity index (χ0) is 37.3. The van der Waals surface area contributed by atoms with Gasteiger partial charge >= 0.3 is 6.03 Å². The van der Waals surface area contributed by atoms with Crippen LogP contribution >= 0.6 is 11.6 Å². The average molecular weight is 753 g/mol. The van der Waals surface area contributed by atoms with Crippen molar-refractivity contribution < 1.29 is 38.0 Å². The van der Waals surface area contributed by atoms with E-state index >= 15 is 0 Å². The lowest BCUT2D eigenvalue weighted by molar-refractivity contribution is -0.153. The topological polar surface area (TPSA) is 130 Å². The number of hydrogen-bond donors (Lipinski definition) is 2. The zero-order valence-corrected chi connectivity index (χ0v) is 31.9. The molecule has 5 heterocycles. The summed E-state index contributed by atoms with van der Waals surface area (Å²) in [5.74, 6) is 2.64. The van der Waals surface area contributed by atoms with Crippen molar-refractivity contribution in [2.24, 2.45) is 16.7 Å². The molecule has 4 aliphatic heterocycles. The van der Waals surface area contributed by atoms with Gasteiger partial charge in [-0.2, -0.15) is 0 Å². The van der Waals surface area contributed by atoms with Crippen LogP contribution in [0.2, 0.25) is 5.02 Å². The van der Waals surface area contributed by atoms with Crippen molar-refractivity contribution in [1.29, 1.82) is 0 Å². The van der Waals surface area contributed by atoms with Crippen molar-refractivity contribution in [3.05, 3.63) is 47.6 Å². The van der Waals surface area contributed by atoms with Crippen molar-refractivity contribution in [1.82, 2.24) is 15.2 Å². The van der Waals surface area contributed by atoms with Gasteiger partial charge < -0.3 is 44.0 Å². The second-order valence-corrected chi connectivity index (χ2v) is 15.1. The standard InChI is InChI=1S/C32H37ClN4O7.C8H16O/c1-40-28-14-23-26(15-29(28)43-12-2-3-30(38)37-10-7-32(8-11-37)19-42-20-32)34-9-6-27(23)44-22-4-5-25(24(33)13-22)36-31(39)35-16-21-17-41-18-21;1-3-5-8(4-2)6-9-7-8/h4-6,9,13-15,21H,2-3,7-8,10-12,16-20H2,1H3,(H2,35,36,39);3-7H2,1-2H3. The highest BCUT2D eigenvalue weighted by Crippen LogP contribution is 2.40. The molecular weight excluding hydrogens is 700 g/mol. The molecule has 2 N–H and O–H groups in total. The van der Waals surface area contributed by atoms with Gasteiger partial charge in [0.15, 0.2) is 11.5 Å². The molecule has 0 radical (unpaired) electrons. The van der Waals surface area contributed by atoms with Crippen LogP contribution in [0.15, 0.2) is 42.6 Å². The number of nitrogens with one attached hydrogen (secondary N) is 2. The summed E-state index contributed by atoms with van der Waals surface area (Å²) in [4.78, 5) is 31.4. The Bertz CT molecular complexity index is 1700. The molecule has 3 aromatic rings. The van der Waals surface area contributed by atoms with Gasteiger partial charge in [0.25, 0.3) is 0 Å². The van der Waals surface area contributed by atoms with Gasteiger partial charge in [0.05, 0.1) is 69.6 Å². The van der Waals surface area contributed by atoms with Crippen LogP contribution in [-0.4, -0.2) is 94.8 Å². The smallest absolute Gasteiger partial charge is 0.319 e. The summed E-state index contributed by atoms with van der Waals surface area (Å²) in [5.41, 5.74) is 2.04. The number of aromatic nitrogens is 1. The van der Waals surface area contributed by atoms with Crippen LogP contribution in [0.25, 0.3) is 10.9 Å². The van der Waals surface area contributed by atoms with Gasteiger partial charge in [0.1, 0.15) is 11.5 Å². The number of carbonyl (C=O) groups is 2. The van der Waals surface area contributed by atoms with E-state index in [0.29, 0.717) is 95.2 Å². The highest BCUT2D eigenvalue weighted by molar-refractivity contribution is 6.33. The first-order valence-corrected chi connectivity index (χ1v) is 19.2. The number of amides is 3. The lowest BCUT2D eigenvalue weighted by atomic mass is 9.77. The van der Waals surface area contributed by atoms with Crippen molar-refractivity contribution in [2.45, 2.75) is 58.8 Å². The van der Waals surface area contributed by atoms with E-state index in [9.17, 15) is 9.59 Å². The van der Waals surface area contributed by atoms with Gasteiger partial charge in [-0.3, -0.25) is 9.78 Å². The molecule has 12 nitrogen and oxygen atoms in total. The predicted molar refractivity (Wildman–Crippen MR) is 203 cm³/mol. The van der Waals surface area contributed by atoms with Crippen molar-refractivity contribution in [3.63, 3.8) is 0 Å². The van der Waals surface area contributed by atoms with Crippen molar-refractivity contribution in [2.75, 3.05) is 78.3 Å². The Kier molecular flexibility index (Phi) is 13.2. The zero-order valence-electron chi connectivity index (χ0n) is 31.2. The maximum Gasteiger partial charge on any atom is 0.319 e. The molecule has 13 heteroatoms. The minimum atomic E-state index is -0.330. The maximum atomic E-state index is 12.7. The van der Waals surface area contributed by atoms with Gasteiger partial charge in [-0.1, -0.05) is 31.9 Å². The number of likely N-dealkylation sites (tertiary alicyclic amines) is 1. The molecule has 0 saturated carbocycles. The molecule has 1 spiro atoms. The van der Waals surface area contributed by atoms with E-state index in [1.54, 1.807) is 37.6 Å². The van der Waals surface area contributed by atoms with E-state index in [1.807, 2.05) is 17.0 Å². The first-order valence-electron chi connectivity index (χ1n) is 18.9. The lowest BCUT2D eigenvalue weighted by Crippen LogP contribution is -2.52. The van der Waals surface area contributed by atoms with Crippen LogP contribution < -0.4 is 24.8 Å². The third-order valence-electron chi connectivity index (χ3n) is 10.8. The van der Waals surface area contributed by atoms with E-state index < -0.39 is 0 Å². The predicted octanol–water partition coefficient (Wildman–Crippen LogP) is 7.47. The normalized spacial score (nSPS) is 18.5. The van der Waals surface area contributed by atoms with Gasteiger partial charge in [0, 0.05) is 66.5 Å². The summed E-state index contributed by atoms with van der Waals surface area (Å²) >= 11 is 6.45. The molecular formula is C40H53ClN4O8. The number of halogens is 1. The number of anilines is 1. The summed E-state index contributed by atoms with van der Waals surface area (Å²) in [7, 11) is 1.58. The van der Waals surface area contributed by atoms with E-state index in [-0.39, 0.29) is 11.9 Å². The van der Waals surface area contributed by atoms with Gasteiger partial charge in [-0.05, 0) is 56.4 Å². The summed E-state index contributed by atoms with van der Waals surface area (Å²) in [6.07, 6.45) is 8.68. The number of pyridine rings is 1. The number of nitrogens with zero attached hydrogens (tertiary/aromatic N) is 2. The minimum Gasteiger partial charge on any atom is -0.493 e. The molecule has 1 aromatic heterocycles. The summed E-state index contributed by atoms with van der Waals surface area (Å²) < 4.78 is 33.5. The quantitative estimate of drug-likeness (QED) is 0.161. The Balaban J connectivity index is 0.000000468. The molecule has 0 unspecified atom stereocenters. The summed E-state index contributed by atoms with van der Waals surface area (Å²) in [6, 6.07) is 10.1. The molecule has 288 valence electrons. The molecule has 3 amide bonds. The fourth-order valence-corrected chi connectivity index (χ4v) is 7.22. The summed E-state index contributed by atoms with van der Waals surface area (Å²) in [5, 5.41) is 6.65. The van der Waals surface area contributed by atoms with Crippen molar-refractivity contribution >= 4 is 40.1 Å². The number of piperidine rings is 1. The Morgan fingerprint density at radius 1 is 0.981 bits per heavy atom. The molecule has 7 rings (SSSR count). The van der Waals surface area contributed by atoms with E-state index in [0.717, 1.165) is 57.7 Å². The van der Waals surface area contributed by atoms with Crippen LogP contribution in [-0.2, 0) is 19.0 Å². The number of hydrogen-bond acceptors (Lipinski definition) is 9. The van der Waals surface area contributed by atoms with Crippen LogP contribution in [0.1, 0.15) is 58.8 Å². The molecule has 4 saturated heterocycles. The monoisotopic (exact) mass is 752 g/mol. The Morgan fingerprint density at radius 2 is 1.75 bits per heavy atom. The van der Waals surface area contributed by atoms with Gasteiger partial charge in [-0.15, -0.1) is 0 Å². The maximum absolute atomic E-state index is 12.7. The molecule has 0 atom stereocenters. The first kappa shape index (κ1) is 38.9. The molecule has 0 bridgehead atoms. The third kappa shape index (κ3) is 9.83. The molecule has 4 aliphatic rings. The second kappa shape index (κ2) is 18.0. The Labute approximate surface area is 317 Å². The second-order valence-electron chi connectivity index (χ2n) is 14.7. The number of fused-ring (bicyclic) bond motifs is 1. The highest BCUT2D eigenvalue weighted by Gasteiger charge is 2.41. The number of ether oxygens (including phenoxy) is 6. The van der Waals surface area contributed by atoms with Crippen LogP contribution in [0.4, 0.5) is 10.5 Å². The number of benzene rings is 2. The molecule has 53 heavy (non-hydrogen) atoms. The number of urea groups is 1. The number of rotatable bonds is 14. The van der Waals surface area contributed by atoms with E-state index in [4.69, 9.17) is 40.0 Å². The fourth-order valence-electron chi connectivity index (χ4n) is 7.00. The molecule has 0 aliphatic carbocycles. The van der Waals surface area contributed by atoms with Crippen LogP contribution in [0, 0.1) is 16.7 Å². The Hall–Kier alpha value is -3.84. The first-order chi connectivity index (χ1) is 25.7. The van der Waals surface area contributed by atoms with Crippen LogP contribution in [0.3, 0.4) is 0 Å². The molecule has 4 fully saturated rings. The molecule has 2 aromatic carbocycles. The fraction of sp³-hybridized carbons (Fsp3) is 0.575. The van der Waals surface area contributed by atoms with Crippen molar-refractivity contribution in [3.8, 4) is 23.0 Å². The minimum absolute atomic E-state index is 0.171. The lowest BCUT2D eigenvalue weighted by Gasteiger charge is -2.47. The van der Waals surface area contributed by atoms with Gasteiger partial charge in [-0.25, -0.2) is 4.79 Å². The Morgan fingerprint density at radius 3 is 2.34 bits per heavy atom. The largest absolute Gasteiger partial charge is 0.493 e. The average Bonchev–Trinajstić information content (AvgIpc) is 3.11. The van der Waals surface area contributed by atoms with E-state index in [1.165, 1.54) is 19.3 Å². The third-order valence-corrected chi connectivity index (χ3v) is 11.1. The SMILES string of the molecule is CCCC1(CC)COC1.COc1cc2c(Oc3ccc(NC(=O)NCC4COC4)c(Cl)c3)ccnc2cc1OCCCC(=O)N1CCC2(CC1)COC2.